The van der Waals surface area contributed by atoms with Gasteiger partial charge in [-0.1, -0.05) is 13.3 Å². The highest BCUT2D eigenvalue weighted by Gasteiger charge is 2.35. The van der Waals surface area contributed by atoms with Crippen LogP contribution in [0, 0.1) is 5.92 Å². The average Bonchev–Trinajstić information content (AvgIpc) is 2.14. The zero-order valence-electron chi connectivity index (χ0n) is 12.7. The van der Waals surface area contributed by atoms with Gasteiger partial charge in [-0.05, 0) is 66.5 Å². The summed E-state index contributed by atoms with van der Waals surface area (Å²) in [4.78, 5) is 2.61. The monoisotopic (exact) mass is 240 g/mol. The maximum absolute atomic E-state index is 3.65. The summed E-state index contributed by atoms with van der Waals surface area (Å²) in [5.74, 6) is 0.860. The minimum absolute atomic E-state index is 0.258. The van der Waals surface area contributed by atoms with Crippen LogP contribution in [0.5, 0.6) is 0 Å². The van der Waals surface area contributed by atoms with Crippen LogP contribution in [0.15, 0.2) is 0 Å². The molecule has 0 saturated heterocycles. The van der Waals surface area contributed by atoms with E-state index in [4.69, 9.17) is 0 Å². The van der Waals surface area contributed by atoms with E-state index in [1.807, 2.05) is 0 Å². The third-order valence-electron chi connectivity index (χ3n) is 4.20. The molecule has 3 atom stereocenters. The molecular formula is C15H32N2. The summed E-state index contributed by atoms with van der Waals surface area (Å²) in [7, 11) is 2.31. The number of nitrogens with one attached hydrogen (secondary N) is 1. The molecule has 1 aliphatic carbocycles. The maximum atomic E-state index is 3.65. The summed E-state index contributed by atoms with van der Waals surface area (Å²) < 4.78 is 0. The van der Waals surface area contributed by atoms with Crippen molar-refractivity contribution >= 4 is 0 Å². The van der Waals surface area contributed by atoms with E-state index in [2.05, 4.69) is 51.9 Å². The van der Waals surface area contributed by atoms with Crippen LogP contribution in [0.2, 0.25) is 0 Å². The van der Waals surface area contributed by atoms with Gasteiger partial charge in [-0.25, -0.2) is 0 Å². The highest BCUT2D eigenvalue weighted by molar-refractivity contribution is 4.91. The predicted octanol–water partition coefficient (Wildman–Crippen LogP) is 3.27. The van der Waals surface area contributed by atoms with Crippen molar-refractivity contribution in [3.05, 3.63) is 0 Å². The van der Waals surface area contributed by atoms with Crippen molar-refractivity contribution in [2.45, 2.75) is 77.9 Å². The van der Waals surface area contributed by atoms with Crippen LogP contribution in [0.4, 0.5) is 0 Å². The minimum Gasteiger partial charge on any atom is -0.312 e. The normalized spacial score (nSPS) is 27.0. The molecule has 0 radical (unpaired) electrons. The van der Waals surface area contributed by atoms with Crippen LogP contribution < -0.4 is 5.32 Å². The van der Waals surface area contributed by atoms with Gasteiger partial charge in [0.1, 0.15) is 0 Å². The Kier molecular flexibility index (Phi) is 5.46. The van der Waals surface area contributed by atoms with E-state index in [1.54, 1.807) is 0 Å². The maximum Gasteiger partial charge on any atom is 0.0135 e. The van der Waals surface area contributed by atoms with Gasteiger partial charge in [-0.3, -0.25) is 0 Å². The number of hydrogen-bond acceptors (Lipinski definition) is 2. The van der Waals surface area contributed by atoms with Gasteiger partial charge in [-0.2, -0.15) is 0 Å². The van der Waals surface area contributed by atoms with Gasteiger partial charge in [0.2, 0.25) is 0 Å². The fraction of sp³-hybridized carbons (Fsp3) is 1.00. The van der Waals surface area contributed by atoms with Crippen molar-refractivity contribution in [2.75, 3.05) is 13.6 Å². The van der Waals surface area contributed by atoms with Crippen LogP contribution >= 0.6 is 0 Å². The second-order valence-corrected chi connectivity index (χ2v) is 6.84. The molecule has 1 rings (SSSR count). The molecule has 0 spiro atoms. The Morgan fingerprint density at radius 2 is 1.94 bits per heavy atom. The van der Waals surface area contributed by atoms with Crippen LogP contribution in [0.25, 0.3) is 0 Å². The lowest BCUT2D eigenvalue weighted by molar-refractivity contribution is 0.0491. The Morgan fingerprint density at radius 1 is 1.29 bits per heavy atom. The molecule has 2 heteroatoms. The molecule has 102 valence electrons. The summed E-state index contributed by atoms with van der Waals surface area (Å²) >= 11 is 0. The van der Waals surface area contributed by atoms with E-state index in [0.29, 0.717) is 0 Å². The quantitative estimate of drug-likeness (QED) is 0.766. The first-order valence-corrected chi connectivity index (χ1v) is 7.32. The second kappa shape index (κ2) is 6.19. The summed E-state index contributed by atoms with van der Waals surface area (Å²) in [6, 6.07) is 1.55. The van der Waals surface area contributed by atoms with Crippen molar-refractivity contribution in [3.63, 3.8) is 0 Å². The van der Waals surface area contributed by atoms with Crippen LogP contribution in [-0.2, 0) is 0 Å². The third-order valence-corrected chi connectivity index (χ3v) is 4.20. The topological polar surface area (TPSA) is 15.3 Å². The van der Waals surface area contributed by atoms with Crippen molar-refractivity contribution < 1.29 is 0 Å². The first kappa shape index (κ1) is 15.0. The molecule has 0 heterocycles. The summed E-state index contributed by atoms with van der Waals surface area (Å²) in [5, 5.41) is 3.65. The standard InChI is InChI=1S/C15H32N2/c1-7-8-12(2)17(6)14-10-9-13(14)11-16-15(3,4)5/h12-14,16H,7-11H2,1-6H3. The van der Waals surface area contributed by atoms with Gasteiger partial charge in [-0.15, -0.1) is 0 Å². The van der Waals surface area contributed by atoms with Crippen molar-refractivity contribution in [1.29, 1.82) is 0 Å². The highest BCUT2D eigenvalue weighted by Crippen LogP contribution is 2.32. The second-order valence-electron chi connectivity index (χ2n) is 6.84. The van der Waals surface area contributed by atoms with Crippen molar-refractivity contribution in [3.8, 4) is 0 Å². The summed E-state index contributed by atoms with van der Waals surface area (Å²) in [6.45, 7) is 12.6. The molecule has 17 heavy (non-hydrogen) atoms. The highest BCUT2D eigenvalue weighted by atomic mass is 15.2. The lowest BCUT2D eigenvalue weighted by Gasteiger charge is -2.46. The Balaban J connectivity index is 2.35. The summed E-state index contributed by atoms with van der Waals surface area (Å²) in [5.41, 5.74) is 0.258. The number of hydrogen-bond donors (Lipinski definition) is 1. The fourth-order valence-electron chi connectivity index (χ4n) is 2.71. The average molecular weight is 240 g/mol. The molecule has 1 aliphatic rings. The Bertz CT molecular complexity index is 219. The molecule has 1 fully saturated rings. The molecule has 0 aliphatic heterocycles. The van der Waals surface area contributed by atoms with E-state index < -0.39 is 0 Å². The van der Waals surface area contributed by atoms with Gasteiger partial charge >= 0.3 is 0 Å². The Hall–Kier alpha value is -0.0800. The predicted molar refractivity (Wildman–Crippen MR) is 76.4 cm³/mol. The van der Waals surface area contributed by atoms with Gasteiger partial charge in [0, 0.05) is 17.6 Å². The number of rotatable bonds is 6. The van der Waals surface area contributed by atoms with E-state index in [-0.39, 0.29) is 5.54 Å². The van der Waals surface area contributed by atoms with Gasteiger partial charge in [0.15, 0.2) is 0 Å². The summed E-state index contributed by atoms with van der Waals surface area (Å²) in [6.07, 6.45) is 5.41. The van der Waals surface area contributed by atoms with Crippen molar-refractivity contribution in [2.24, 2.45) is 5.92 Å². The zero-order chi connectivity index (χ0) is 13.1. The van der Waals surface area contributed by atoms with Gasteiger partial charge in [0.05, 0.1) is 0 Å². The van der Waals surface area contributed by atoms with Gasteiger partial charge in [0.25, 0.3) is 0 Å². The van der Waals surface area contributed by atoms with Crippen LogP contribution in [-0.4, -0.2) is 36.1 Å². The number of nitrogens with zero attached hydrogens (tertiary/aromatic N) is 1. The fourth-order valence-corrected chi connectivity index (χ4v) is 2.71. The van der Waals surface area contributed by atoms with Crippen LogP contribution in [0.1, 0.15) is 60.3 Å². The molecule has 0 amide bonds. The van der Waals surface area contributed by atoms with E-state index in [9.17, 15) is 0 Å². The first-order valence-electron chi connectivity index (χ1n) is 7.32. The third kappa shape index (κ3) is 4.59. The first-order chi connectivity index (χ1) is 7.85. The van der Waals surface area contributed by atoms with Crippen LogP contribution in [0.3, 0.4) is 0 Å². The smallest absolute Gasteiger partial charge is 0.0135 e. The minimum atomic E-state index is 0.258. The Labute approximate surface area is 108 Å². The molecule has 2 nitrogen and oxygen atoms in total. The van der Waals surface area contributed by atoms with Gasteiger partial charge < -0.3 is 10.2 Å². The SMILES string of the molecule is CCCC(C)N(C)C1CCC1CNC(C)(C)C. The largest absolute Gasteiger partial charge is 0.312 e. The molecule has 0 aromatic heterocycles. The lowest BCUT2D eigenvalue weighted by Crippen LogP contribution is -2.53. The molecule has 1 saturated carbocycles. The molecule has 3 unspecified atom stereocenters. The van der Waals surface area contributed by atoms with Crippen molar-refractivity contribution in [1.82, 2.24) is 10.2 Å². The Morgan fingerprint density at radius 3 is 2.35 bits per heavy atom. The van der Waals surface area contributed by atoms with E-state index in [1.165, 1.54) is 32.2 Å². The van der Waals surface area contributed by atoms with E-state index >= 15 is 0 Å². The van der Waals surface area contributed by atoms with E-state index in [0.717, 1.165) is 18.0 Å². The molecule has 1 N–H and O–H groups in total. The molecule has 0 aromatic carbocycles. The molecule has 0 aromatic rings. The zero-order valence-corrected chi connectivity index (χ0v) is 12.7. The molecular weight excluding hydrogens is 208 g/mol. The lowest BCUT2D eigenvalue weighted by atomic mass is 9.77. The molecule has 0 bridgehead atoms.